The third-order valence-electron chi connectivity index (χ3n) is 3.03. The summed E-state index contributed by atoms with van der Waals surface area (Å²) in [5.74, 6) is 0. The van der Waals surface area contributed by atoms with Gasteiger partial charge in [0.15, 0.2) is 0 Å². The fourth-order valence-corrected chi connectivity index (χ4v) is 1.52. The van der Waals surface area contributed by atoms with Crippen molar-refractivity contribution in [3.05, 3.63) is 0 Å². The van der Waals surface area contributed by atoms with Crippen LogP contribution in [0, 0.1) is 0 Å². The maximum atomic E-state index is 5.82. The molecule has 0 fully saturated rings. The molecule has 0 saturated carbocycles. The Balaban J connectivity index is 3.52. The van der Waals surface area contributed by atoms with E-state index in [1.807, 2.05) is 0 Å². The van der Waals surface area contributed by atoms with Gasteiger partial charge in [-0.25, -0.2) is 0 Å². The Morgan fingerprint density at radius 1 is 1.20 bits per heavy atom. The summed E-state index contributed by atoms with van der Waals surface area (Å²) in [6, 6.07) is 0.670. The molecule has 1 N–H and O–H groups in total. The third-order valence-corrected chi connectivity index (χ3v) is 3.03. The van der Waals surface area contributed by atoms with Crippen molar-refractivity contribution in [2.45, 2.75) is 71.9 Å². The minimum Gasteiger partial charge on any atom is -0.376 e. The molecule has 0 aromatic carbocycles. The molecule has 0 aromatic heterocycles. The molecule has 1 atom stereocenters. The number of ether oxygens (including phenoxy) is 1. The van der Waals surface area contributed by atoms with E-state index in [1.54, 1.807) is 0 Å². The van der Waals surface area contributed by atoms with Crippen LogP contribution in [-0.2, 0) is 4.74 Å². The molecule has 2 heteroatoms. The lowest BCUT2D eigenvalue weighted by atomic mass is 10.1. The Morgan fingerprint density at radius 3 is 2.33 bits per heavy atom. The number of rotatable bonds is 9. The molecule has 0 amide bonds. The predicted octanol–water partition coefficient (Wildman–Crippen LogP) is 3.36. The van der Waals surface area contributed by atoms with Gasteiger partial charge in [-0.15, -0.1) is 0 Å². The lowest BCUT2D eigenvalue weighted by Gasteiger charge is -2.24. The molecule has 2 nitrogen and oxygen atoms in total. The van der Waals surface area contributed by atoms with E-state index in [4.69, 9.17) is 4.74 Å². The first kappa shape index (κ1) is 14.9. The fourth-order valence-electron chi connectivity index (χ4n) is 1.52. The second kappa shape index (κ2) is 8.12. The van der Waals surface area contributed by atoms with Crippen LogP contribution in [0.1, 0.15) is 60.3 Å². The van der Waals surface area contributed by atoms with Gasteiger partial charge in [0.05, 0.1) is 5.60 Å². The smallest absolute Gasteiger partial charge is 0.0623 e. The average Bonchev–Trinajstić information content (AvgIpc) is 2.22. The van der Waals surface area contributed by atoms with Gasteiger partial charge < -0.3 is 10.1 Å². The van der Waals surface area contributed by atoms with Crippen LogP contribution in [-0.4, -0.2) is 24.8 Å². The standard InChI is InChI=1S/C13H29NO/c1-6-12(14-8-3)10-9-11-15-13(4,5)7-2/h12,14H,6-11H2,1-5H3. The van der Waals surface area contributed by atoms with Crippen LogP contribution in [0.4, 0.5) is 0 Å². The van der Waals surface area contributed by atoms with Crippen LogP contribution in [0.5, 0.6) is 0 Å². The molecule has 0 radical (unpaired) electrons. The van der Waals surface area contributed by atoms with Gasteiger partial charge in [0.1, 0.15) is 0 Å². The third kappa shape index (κ3) is 7.80. The summed E-state index contributed by atoms with van der Waals surface area (Å²) in [4.78, 5) is 0. The number of hydrogen-bond donors (Lipinski definition) is 1. The van der Waals surface area contributed by atoms with Gasteiger partial charge in [0, 0.05) is 12.6 Å². The van der Waals surface area contributed by atoms with Crippen molar-refractivity contribution in [3.8, 4) is 0 Å². The van der Waals surface area contributed by atoms with Gasteiger partial charge in [0.2, 0.25) is 0 Å². The summed E-state index contributed by atoms with van der Waals surface area (Å²) in [6.07, 6.45) is 4.68. The normalized spacial score (nSPS) is 14.2. The maximum Gasteiger partial charge on any atom is 0.0623 e. The van der Waals surface area contributed by atoms with Crippen molar-refractivity contribution in [3.63, 3.8) is 0 Å². The number of nitrogens with one attached hydrogen (secondary N) is 1. The van der Waals surface area contributed by atoms with Crippen molar-refractivity contribution < 1.29 is 4.74 Å². The molecule has 0 rings (SSSR count). The van der Waals surface area contributed by atoms with E-state index in [0.717, 1.165) is 26.0 Å². The van der Waals surface area contributed by atoms with Crippen LogP contribution in [0.2, 0.25) is 0 Å². The van der Waals surface area contributed by atoms with Crippen LogP contribution >= 0.6 is 0 Å². The van der Waals surface area contributed by atoms with Crippen LogP contribution in [0.25, 0.3) is 0 Å². The SMILES string of the molecule is CCNC(CC)CCCOC(C)(C)CC. The van der Waals surface area contributed by atoms with Gasteiger partial charge in [-0.1, -0.05) is 20.8 Å². The Morgan fingerprint density at radius 2 is 1.87 bits per heavy atom. The van der Waals surface area contributed by atoms with Crippen LogP contribution < -0.4 is 5.32 Å². The summed E-state index contributed by atoms with van der Waals surface area (Å²) in [6.45, 7) is 12.9. The summed E-state index contributed by atoms with van der Waals surface area (Å²) in [5.41, 5.74) is 0.0555. The first-order valence-corrected chi connectivity index (χ1v) is 6.43. The van der Waals surface area contributed by atoms with Gasteiger partial charge in [-0.2, -0.15) is 0 Å². The zero-order valence-corrected chi connectivity index (χ0v) is 11.2. The highest BCUT2D eigenvalue weighted by Crippen LogP contribution is 2.14. The largest absolute Gasteiger partial charge is 0.376 e. The lowest BCUT2D eigenvalue weighted by molar-refractivity contribution is -0.0222. The predicted molar refractivity (Wildman–Crippen MR) is 67.3 cm³/mol. The van der Waals surface area contributed by atoms with E-state index >= 15 is 0 Å². The van der Waals surface area contributed by atoms with Crippen molar-refractivity contribution in [2.75, 3.05) is 13.2 Å². The molecule has 0 aliphatic heterocycles. The van der Waals surface area contributed by atoms with E-state index in [0.29, 0.717) is 6.04 Å². The van der Waals surface area contributed by atoms with E-state index in [-0.39, 0.29) is 5.60 Å². The zero-order valence-electron chi connectivity index (χ0n) is 11.2. The van der Waals surface area contributed by atoms with Crippen LogP contribution in [0.15, 0.2) is 0 Å². The quantitative estimate of drug-likeness (QED) is 0.595. The first-order chi connectivity index (χ1) is 7.05. The summed E-state index contributed by atoms with van der Waals surface area (Å²) in [5, 5.41) is 3.49. The molecular weight excluding hydrogens is 186 g/mol. The molecule has 0 spiro atoms. The fraction of sp³-hybridized carbons (Fsp3) is 1.00. The molecule has 0 saturated heterocycles. The summed E-state index contributed by atoms with van der Waals surface area (Å²) < 4.78 is 5.82. The van der Waals surface area contributed by atoms with Gasteiger partial charge >= 0.3 is 0 Å². The summed E-state index contributed by atoms with van der Waals surface area (Å²) >= 11 is 0. The van der Waals surface area contributed by atoms with Crippen molar-refractivity contribution in [1.82, 2.24) is 5.32 Å². The first-order valence-electron chi connectivity index (χ1n) is 6.43. The summed E-state index contributed by atoms with van der Waals surface area (Å²) in [7, 11) is 0. The Labute approximate surface area is 95.8 Å². The minimum absolute atomic E-state index is 0.0555. The second-order valence-corrected chi connectivity index (χ2v) is 4.77. The molecule has 0 aromatic rings. The Kier molecular flexibility index (Phi) is 8.07. The molecule has 1 unspecified atom stereocenters. The van der Waals surface area contributed by atoms with Gasteiger partial charge in [0.25, 0.3) is 0 Å². The zero-order chi connectivity index (χ0) is 11.7. The van der Waals surface area contributed by atoms with Gasteiger partial charge in [-0.05, 0) is 46.1 Å². The van der Waals surface area contributed by atoms with Crippen molar-refractivity contribution >= 4 is 0 Å². The molecule has 92 valence electrons. The maximum absolute atomic E-state index is 5.82. The monoisotopic (exact) mass is 215 g/mol. The second-order valence-electron chi connectivity index (χ2n) is 4.77. The topological polar surface area (TPSA) is 21.3 Å². The highest BCUT2D eigenvalue weighted by molar-refractivity contribution is 4.67. The van der Waals surface area contributed by atoms with E-state index < -0.39 is 0 Å². The molecule has 0 aliphatic carbocycles. The lowest BCUT2D eigenvalue weighted by Crippen LogP contribution is -2.29. The molecular formula is C13H29NO. The average molecular weight is 215 g/mol. The molecule has 0 heterocycles. The van der Waals surface area contributed by atoms with Crippen molar-refractivity contribution in [1.29, 1.82) is 0 Å². The van der Waals surface area contributed by atoms with E-state index in [9.17, 15) is 0 Å². The van der Waals surface area contributed by atoms with E-state index in [1.165, 1.54) is 12.8 Å². The van der Waals surface area contributed by atoms with E-state index in [2.05, 4.69) is 39.9 Å². The van der Waals surface area contributed by atoms with Gasteiger partial charge in [-0.3, -0.25) is 0 Å². The Bertz CT molecular complexity index is 145. The highest BCUT2D eigenvalue weighted by Gasteiger charge is 2.14. The molecule has 0 bridgehead atoms. The highest BCUT2D eigenvalue weighted by atomic mass is 16.5. The van der Waals surface area contributed by atoms with Crippen molar-refractivity contribution in [2.24, 2.45) is 0 Å². The number of hydrogen-bond acceptors (Lipinski definition) is 2. The van der Waals surface area contributed by atoms with Crippen LogP contribution in [0.3, 0.4) is 0 Å². The molecule has 0 aliphatic rings. The Hall–Kier alpha value is -0.0800. The molecule has 15 heavy (non-hydrogen) atoms. The minimum atomic E-state index is 0.0555.